The van der Waals surface area contributed by atoms with Gasteiger partial charge in [0.25, 0.3) is 0 Å². The fourth-order valence-electron chi connectivity index (χ4n) is 2.44. The van der Waals surface area contributed by atoms with Crippen LogP contribution in [0.1, 0.15) is 5.56 Å². The zero-order chi connectivity index (χ0) is 16.8. The first-order valence-corrected chi connectivity index (χ1v) is 7.76. The number of hydrogen-bond acceptors (Lipinski definition) is 2. The Morgan fingerprint density at radius 2 is 1.33 bits per heavy atom. The quantitative estimate of drug-likeness (QED) is 0.704. The highest BCUT2D eigenvalue weighted by molar-refractivity contribution is 5.99. The number of para-hydroxylation sites is 1. The Labute approximate surface area is 141 Å². The van der Waals surface area contributed by atoms with Gasteiger partial charge in [0, 0.05) is 12.2 Å². The minimum absolute atomic E-state index is 0.185. The number of anilines is 3. The van der Waals surface area contributed by atoms with Gasteiger partial charge in [-0.25, -0.2) is 4.79 Å². The maximum Gasteiger partial charge on any atom is 0.326 e. The van der Waals surface area contributed by atoms with Crippen LogP contribution < -0.4 is 16.0 Å². The van der Waals surface area contributed by atoms with Crippen molar-refractivity contribution in [2.45, 2.75) is 6.54 Å². The lowest BCUT2D eigenvalue weighted by Crippen LogP contribution is -2.36. The van der Waals surface area contributed by atoms with Crippen molar-refractivity contribution in [1.29, 1.82) is 0 Å². The Bertz CT molecular complexity index is 786. The van der Waals surface area contributed by atoms with E-state index in [1.165, 1.54) is 0 Å². The topological polar surface area (TPSA) is 58.4 Å². The standard InChI is InChI=1S/C20H19N3O/c21-17-11-13-19(14-12-17)23(18-9-5-2-6-10-18)20(24)22-15-16-7-3-1-4-8-16/h1-14H,15,21H2,(H,22,24). The van der Waals surface area contributed by atoms with E-state index in [0.29, 0.717) is 12.2 Å². The van der Waals surface area contributed by atoms with Crippen molar-refractivity contribution < 1.29 is 4.79 Å². The summed E-state index contributed by atoms with van der Waals surface area (Å²) >= 11 is 0. The van der Waals surface area contributed by atoms with E-state index in [1.807, 2.05) is 72.8 Å². The largest absolute Gasteiger partial charge is 0.399 e. The third-order valence-corrected chi connectivity index (χ3v) is 3.66. The molecular formula is C20H19N3O. The molecular weight excluding hydrogens is 298 g/mol. The normalized spacial score (nSPS) is 10.2. The molecule has 0 spiro atoms. The molecule has 0 heterocycles. The molecule has 0 bridgehead atoms. The van der Waals surface area contributed by atoms with E-state index in [-0.39, 0.29) is 6.03 Å². The number of nitrogen functional groups attached to an aromatic ring is 1. The maximum absolute atomic E-state index is 12.8. The van der Waals surface area contributed by atoms with Gasteiger partial charge < -0.3 is 11.1 Å². The molecule has 0 radical (unpaired) electrons. The minimum Gasteiger partial charge on any atom is -0.399 e. The van der Waals surface area contributed by atoms with Gasteiger partial charge in [-0.15, -0.1) is 0 Å². The molecule has 3 aromatic carbocycles. The smallest absolute Gasteiger partial charge is 0.326 e. The van der Waals surface area contributed by atoms with Crippen molar-refractivity contribution >= 4 is 23.1 Å². The molecule has 4 nitrogen and oxygen atoms in total. The summed E-state index contributed by atoms with van der Waals surface area (Å²) in [5, 5.41) is 2.97. The van der Waals surface area contributed by atoms with Crippen LogP contribution in [0.4, 0.5) is 21.9 Å². The van der Waals surface area contributed by atoms with Crippen LogP contribution in [0, 0.1) is 0 Å². The summed E-state index contributed by atoms with van der Waals surface area (Å²) in [7, 11) is 0. The van der Waals surface area contributed by atoms with E-state index in [9.17, 15) is 4.79 Å². The Hall–Kier alpha value is -3.27. The summed E-state index contributed by atoms with van der Waals surface area (Å²) in [5.41, 5.74) is 9.04. The predicted octanol–water partition coefficient (Wildman–Crippen LogP) is 4.32. The van der Waals surface area contributed by atoms with Crippen molar-refractivity contribution in [2.75, 3.05) is 10.6 Å². The monoisotopic (exact) mass is 317 g/mol. The van der Waals surface area contributed by atoms with Gasteiger partial charge in [-0.1, -0.05) is 48.5 Å². The third kappa shape index (κ3) is 3.73. The zero-order valence-corrected chi connectivity index (χ0v) is 13.2. The van der Waals surface area contributed by atoms with Crippen LogP contribution >= 0.6 is 0 Å². The SMILES string of the molecule is Nc1ccc(N(C(=O)NCc2ccccc2)c2ccccc2)cc1. The van der Waals surface area contributed by atoms with Gasteiger partial charge in [-0.3, -0.25) is 4.90 Å². The summed E-state index contributed by atoms with van der Waals surface area (Å²) in [6.07, 6.45) is 0. The van der Waals surface area contributed by atoms with Crippen LogP contribution in [0.3, 0.4) is 0 Å². The van der Waals surface area contributed by atoms with Gasteiger partial charge in [-0.2, -0.15) is 0 Å². The summed E-state index contributed by atoms with van der Waals surface area (Å²) in [6, 6.07) is 26.4. The summed E-state index contributed by atoms with van der Waals surface area (Å²) in [4.78, 5) is 14.4. The van der Waals surface area contributed by atoms with Crippen molar-refractivity contribution in [3.8, 4) is 0 Å². The molecule has 0 atom stereocenters. The highest BCUT2D eigenvalue weighted by Crippen LogP contribution is 2.26. The molecule has 0 fully saturated rings. The maximum atomic E-state index is 12.8. The van der Waals surface area contributed by atoms with Crippen LogP contribution in [0.2, 0.25) is 0 Å². The number of nitrogens with one attached hydrogen (secondary N) is 1. The molecule has 24 heavy (non-hydrogen) atoms. The average Bonchev–Trinajstić information content (AvgIpc) is 2.64. The number of hydrogen-bond donors (Lipinski definition) is 2. The Kier molecular flexibility index (Phi) is 4.77. The Morgan fingerprint density at radius 1 is 0.792 bits per heavy atom. The molecule has 0 aliphatic rings. The Balaban J connectivity index is 1.84. The van der Waals surface area contributed by atoms with Crippen LogP contribution in [0.15, 0.2) is 84.9 Å². The second-order valence-electron chi connectivity index (χ2n) is 5.41. The van der Waals surface area contributed by atoms with E-state index >= 15 is 0 Å². The number of nitrogens with two attached hydrogens (primary N) is 1. The first-order valence-electron chi connectivity index (χ1n) is 7.76. The van der Waals surface area contributed by atoms with Gasteiger partial charge in [-0.05, 0) is 42.0 Å². The van der Waals surface area contributed by atoms with Crippen molar-refractivity contribution in [1.82, 2.24) is 5.32 Å². The molecule has 0 aromatic heterocycles. The zero-order valence-electron chi connectivity index (χ0n) is 13.2. The first kappa shape index (κ1) is 15.6. The van der Waals surface area contributed by atoms with Gasteiger partial charge in [0.2, 0.25) is 0 Å². The fraction of sp³-hybridized carbons (Fsp3) is 0.0500. The molecule has 4 heteroatoms. The van der Waals surface area contributed by atoms with Crippen LogP contribution in [0.5, 0.6) is 0 Å². The number of rotatable bonds is 4. The van der Waals surface area contributed by atoms with Crippen molar-refractivity contribution in [3.63, 3.8) is 0 Å². The Morgan fingerprint density at radius 3 is 1.96 bits per heavy atom. The van der Waals surface area contributed by atoms with E-state index in [1.54, 1.807) is 17.0 Å². The van der Waals surface area contributed by atoms with Crippen molar-refractivity contribution in [2.24, 2.45) is 0 Å². The molecule has 3 rings (SSSR count). The molecule has 3 N–H and O–H groups in total. The van der Waals surface area contributed by atoms with Gasteiger partial charge in [0.15, 0.2) is 0 Å². The fourth-order valence-corrected chi connectivity index (χ4v) is 2.44. The van der Waals surface area contributed by atoms with E-state index in [4.69, 9.17) is 5.73 Å². The highest BCUT2D eigenvalue weighted by atomic mass is 16.2. The molecule has 0 saturated carbocycles. The number of carbonyl (C=O) groups is 1. The molecule has 3 aromatic rings. The van der Waals surface area contributed by atoms with Gasteiger partial charge in [0.05, 0.1) is 11.4 Å². The summed E-state index contributed by atoms with van der Waals surface area (Å²) in [5.74, 6) is 0. The van der Waals surface area contributed by atoms with Crippen LogP contribution in [0.25, 0.3) is 0 Å². The average molecular weight is 317 g/mol. The molecule has 0 aliphatic heterocycles. The summed E-state index contributed by atoms with van der Waals surface area (Å²) in [6.45, 7) is 0.470. The molecule has 0 aliphatic carbocycles. The van der Waals surface area contributed by atoms with Crippen molar-refractivity contribution in [3.05, 3.63) is 90.5 Å². The lowest BCUT2D eigenvalue weighted by molar-refractivity contribution is 0.248. The number of benzene rings is 3. The van der Waals surface area contributed by atoms with Crippen LogP contribution in [-0.4, -0.2) is 6.03 Å². The lowest BCUT2D eigenvalue weighted by Gasteiger charge is -2.23. The highest BCUT2D eigenvalue weighted by Gasteiger charge is 2.17. The second-order valence-corrected chi connectivity index (χ2v) is 5.41. The van der Waals surface area contributed by atoms with Crippen LogP contribution in [-0.2, 0) is 6.54 Å². The molecule has 2 amide bonds. The third-order valence-electron chi connectivity index (χ3n) is 3.66. The minimum atomic E-state index is -0.185. The number of carbonyl (C=O) groups excluding carboxylic acids is 1. The predicted molar refractivity (Wildman–Crippen MR) is 98.1 cm³/mol. The van der Waals surface area contributed by atoms with E-state index in [2.05, 4.69) is 5.32 Å². The molecule has 120 valence electrons. The number of nitrogens with zero attached hydrogens (tertiary/aromatic N) is 1. The van der Waals surface area contributed by atoms with E-state index < -0.39 is 0 Å². The van der Waals surface area contributed by atoms with E-state index in [0.717, 1.165) is 16.9 Å². The molecule has 0 saturated heterocycles. The summed E-state index contributed by atoms with van der Waals surface area (Å²) < 4.78 is 0. The number of urea groups is 1. The van der Waals surface area contributed by atoms with Gasteiger partial charge in [0.1, 0.15) is 0 Å². The molecule has 0 unspecified atom stereocenters. The first-order chi connectivity index (χ1) is 11.7. The number of amides is 2. The van der Waals surface area contributed by atoms with Gasteiger partial charge >= 0.3 is 6.03 Å². The lowest BCUT2D eigenvalue weighted by atomic mass is 10.2. The second kappa shape index (κ2) is 7.33.